The average molecular weight is 368 g/mol. The fraction of sp³-hybridized carbons (Fsp3) is 0.542. The minimum atomic E-state index is 0.143. The quantitative estimate of drug-likeness (QED) is 0.383. The summed E-state index contributed by atoms with van der Waals surface area (Å²) in [6, 6.07) is 6.80. The fourth-order valence-corrected chi connectivity index (χ4v) is 4.82. The van der Waals surface area contributed by atoms with Crippen LogP contribution in [-0.2, 0) is 4.74 Å². The molecule has 0 spiro atoms. The van der Waals surface area contributed by atoms with Gasteiger partial charge in [-0.15, -0.1) is 0 Å². The lowest BCUT2D eigenvalue weighted by Gasteiger charge is -2.36. The van der Waals surface area contributed by atoms with Gasteiger partial charge in [0.2, 0.25) is 0 Å². The molecule has 1 unspecified atom stereocenters. The molecule has 1 aliphatic carbocycles. The summed E-state index contributed by atoms with van der Waals surface area (Å²) < 4.78 is 5.39. The van der Waals surface area contributed by atoms with Crippen molar-refractivity contribution in [2.24, 2.45) is 5.92 Å². The van der Waals surface area contributed by atoms with E-state index in [1.165, 1.54) is 25.7 Å². The van der Waals surface area contributed by atoms with Crippen LogP contribution in [0.25, 0.3) is 5.57 Å². The molecule has 27 heavy (non-hydrogen) atoms. The van der Waals surface area contributed by atoms with Gasteiger partial charge in [-0.25, -0.2) is 0 Å². The van der Waals surface area contributed by atoms with Crippen molar-refractivity contribution in [2.45, 2.75) is 58.4 Å². The largest absolute Gasteiger partial charge is 0.496 e. The highest BCUT2D eigenvalue weighted by Gasteiger charge is 2.31. The number of hydrogen-bond acceptors (Lipinski definition) is 3. The number of methoxy groups -OCH3 is 1. The van der Waals surface area contributed by atoms with Crippen LogP contribution in [-0.4, -0.2) is 36.9 Å². The van der Waals surface area contributed by atoms with Crippen molar-refractivity contribution in [3.05, 3.63) is 53.3 Å². The number of nitrogens with zero attached hydrogens (tertiary/aromatic N) is 1. The molecule has 0 aromatic heterocycles. The molecule has 0 bridgehead atoms. The molecule has 1 heterocycles. The number of carbonyl (C=O) groups is 1. The highest BCUT2D eigenvalue weighted by Crippen LogP contribution is 2.30. The SMILES string of the molecule is C=C/C(OC)=C(/C)c1ccc(C(=O)C2CCCN(C3CCCC3)C2)cc1C. The maximum absolute atomic E-state index is 13.2. The van der Waals surface area contributed by atoms with Crippen LogP contribution in [0.1, 0.15) is 66.9 Å². The number of aryl methyl sites for hydroxylation is 1. The van der Waals surface area contributed by atoms with E-state index < -0.39 is 0 Å². The molecule has 2 aliphatic rings. The number of ketones is 1. The number of ether oxygens (including phenoxy) is 1. The number of allylic oxidation sites excluding steroid dienone is 2. The van der Waals surface area contributed by atoms with Crippen LogP contribution in [0.2, 0.25) is 0 Å². The Kier molecular flexibility index (Phi) is 6.54. The Morgan fingerprint density at radius 2 is 1.96 bits per heavy atom. The maximum Gasteiger partial charge on any atom is 0.167 e. The van der Waals surface area contributed by atoms with E-state index in [1.54, 1.807) is 13.2 Å². The van der Waals surface area contributed by atoms with Crippen LogP contribution in [0.3, 0.4) is 0 Å². The van der Waals surface area contributed by atoms with Crippen LogP contribution in [0.4, 0.5) is 0 Å². The van der Waals surface area contributed by atoms with Gasteiger partial charge in [0.05, 0.1) is 7.11 Å². The number of benzene rings is 1. The molecular formula is C24H33NO2. The van der Waals surface area contributed by atoms with Gasteiger partial charge >= 0.3 is 0 Å². The molecule has 1 aromatic rings. The molecule has 1 saturated carbocycles. The Labute approximate surface area is 164 Å². The van der Waals surface area contributed by atoms with Crippen LogP contribution >= 0.6 is 0 Å². The highest BCUT2D eigenvalue weighted by atomic mass is 16.5. The van der Waals surface area contributed by atoms with Gasteiger partial charge in [-0.3, -0.25) is 9.69 Å². The molecule has 146 valence electrons. The molecule has 0 radical (unpaired) electrons. The number of rotatable bonds is 6. The second kappa shape index (κ2) is 8.88. The van der Waals surface area contributed by atoms with Gasteiger partial charge in [0.25, 0.3) is 0 Å². The van der Waals surface area contributed by atoms with Crippen molar-refractivity contribution in [1.82, 2.24) is 4.90 Å². The number of carbonyl (C=O) groups excluding carboxylic acids is 1. The third kappa shape index (κ3) is 4.35. The number of hydrogen-bond donors (Lipinski definition) is 0. The van der Waals surface area contributed by atoms with Gasteiger partial charge < -0.3 is 4.74 Å². The Morgan fingerprint density at radius 3 is 2.59 bits per heavy atom. The topological polar surface area (TPSA) is 29.5 Å². The van der Waals surface area contributed by atoms with E-state index in [0.717, 1.165) is 54.0 Å². The van der Waals surface area contributed by atoms with Crippen molar-refractivity contribution in [2.75, 3.05) is 20.2 Å². The van der Waals surface area contributed by atoms with Gasteiger partial charge in [-0.2, -0.15) is 0 Å². The first-order valence-corrected chi connectivity index (χ1v) is 10.3. The molecule has 0 amide bonds. The first kappa shape index (κ1) is 19.9. The Morgan fingerprint density at radius 1 is 1.22 bits per heavy atom. The van der Waals surface area contributed by atoms with Gasteiger partial charge in [0.1, 0.15) is 5.76 Å². The van der Waals surface area contributed by atoms with Crippen molar-refractivity contribution in [3.63, 3.8) is 0 Å². The van der Waals surface area contributed by atoms with Crippen LogP contribution in [0.5, 0.6) is 0 Å². The first-order valence-electron chi connectivity index (χ1n) is 10.3. The van der Waals surface area contributed by atoms with Crippen LogP contribution < -0.4 is 0 Å². The predicted molar refractivity (Wildman–Crippen MR) is 112 cm³/mol. The van der Waals surface area contributed by atoms with Gasteiger partial charge in [0.15, 0.2) is 5.78 Å². The minimum Gasteiger partial charge on any atom is -0.496 e. The zero-order valence-corrected chi connectivity index (χ0v) is 17.1. The summed E-state index contributed by atoms with van der Waals surface area (Å²) in [6.07, 6.45) is 9.21. The molecule has 3 heteroatoms. The van der Waals surface area contributed by atoms with Crippen LogP contribution in [0, 0.1) is 12.8 Å². The molecule has 1 atom stereocenters. The lowest BCUT2D eigenvalue weighted by Crippen LogP contribution is -2.43. The summed E-state index contributed by atoms with van der Waals surface area (Å²) in [4.78, 5) is 15.7. The molecule has 1 saturated heterocycles. The van der Waals surface area contributed by atoms with Gasteiger partial charge in [-0.05, 0) is 74.9 Å². The van der Waals surface area contributed by atoms with Gasteiger partial charge in [-0.1, -0.05) is 31.6 Å². The van der Waals surface area contributed by atoms with E-state index in [-0.39, 0.29) is 5.92 Å². The second-order valence-electron chi connectivity index (χ2n) is 8.06. The van der Waals surface area contributed by atoms with E-state index in [4.69, 9.17) is 4.74 Å². The third-order valence-corrected chi connectivity index (χ3v) is 6.35. The predicted octanol–water partition coefficient (Wildman–Crippen LogP) is 5.40. The maximum atomic E-state index is 13.2. The smallest absolute Gasteiger partial charge is 0.167 e. The molecular weight excluding hydrogens is 334 g/mol. The minimum absolute atomic E-state index is 0.143. The lowest BCUT2D eigenvalue weighted by atomic mass is 9.87. The summed E-state index contributed by atoms with van der Waals surface area (Å²) in [7, 11) is 1.66. The Balaban J connectivity index is 1.76. The molecule has 1 aliphatic heterocycles. The molecule has 3 nitrogen and oxygen atoms in total. The normalized spacial score (nSPS) is 22.4. The van der Waals surface area contributed by atoms with Crippen LogP contribution in [0.15, 0.2) is 36.6 Å². The first-order chi connectivity index (χ1) is 13.0. The average Bonchev–Trinajstić information content (AvgIpc) is 3.23. The number of likely N-dealkylation sites (tertiary alicyclic amines) is 1. The standard InChI is InChI=1S/C24H33NO2/c1-5-23(27-4)18(3)22-13-12-19(15-17(22)2)24(26)20-9-8-14-25(16-20)21-10-6-7-11-21/h5,12-13,15,20-21H,1,6-11,14,16H2,2-4H3/b23-18+. The third-order valence-electron chi connectivity index (χ3n) is 6.35. The van der Waals surface area contributed by atoms with Crippen molar-refractivity contribution < 1.29 is 9.53 Å². The fourth-order valence-electron chi connectivity index (χ4n) is 4.82. The number of Topliss-reactive ketones (excluding diaryl/α,β-unsaturated/α-hetero) is 1. The molecule has 1 aromatic carbocycles. The highest BCUT2D eigenvalue weighted by molar-refractivity contribution is 5.98. The monoisotopic (exact) mass is 367 g/mol. The summed E-state index contributed by atoms with van der Waals surface area (Å²) in [5.41, 5.74) is 4.12. The van der Waals surface area contributed by atoms with E-state index in [2.05, 4.69) is 24.5 Å². The lowest BCUT2D eigenvalue weighted by molar-refractivity contribution is 0.0757. The van der Waals surface area contributed by atoms with E-state index in [9.17, 15) is 4.79 Å². The molecule has 3 rings (SSSR count). The van der Waals surface area contributed by atoms with Crippen molar-refractivity contribution in [3.8, 4) is 0 Å². The van der Waals surface area contributed by atoms with Crippen molar-refractivity contribution >= 4 is 11.4 Å². The summed E-state index contributed by atoms with van der Waals surface area (Å²) in [5, 5.41) is 0. The van der Waals surface area contributed by atoms with E-state index in [0.29, 0.717) is 11.8 Å². The van der Waals surface area contributed by atoms with E-state index >= 15 is 0 Å². The summed E-state index contributed by atoms with van der Waals surface area (Å²) >= 11 is 0. The zero-order chi connectivity index (χ0) is 19.4. The molecule has 2 fully saturated rings. The second-order valence-corrected chi connectivity index (χ2v) is 8.06. The Bertz CT molecular complexity index is 728. The Hall–Kier alpha value is -1.87. The number of piperidine rings is 1. The molecule has 0 N–H and O–H groups in total. The van der Waals surface area contributed by atoms with Crippen molar-refractivity contribution in [1.29, 1.82) is 0 Å². The van der Waals surface area contributed by atoms with Gasteiger partial charge in [0, 0.05) is 24.1 Å². The summed E-state index contributed by atoms with van der Waals surface area (Å²) in [5.74, 6) is 1.23. The zero-order valence-electron chi connectivity index (χ0n) is 17.1. The van der Waals surface area contributed by atoms with E-state index in [1.807, 2.05) is 19.1 Å². The summed E-state index contributed by atoms with van der Waals surface area (Å²) in [6.45, 7) is 10.0.